The Kier molecular flexibility index (Phi) is 9.24. The molecule has 1 atom stereocenters. The molecule has 232 valence electrons. The molecular weight excluding hydrogens is 748 g/mol. The molecule has 7 rings (SSSR count). The predicted molar refractivity (Wildman–Crippen MR) is 183 cm³/mol. The molecule has 6 heteroatoms. The summed E-state index contributed by atoms with van der Waals surface area (Å²) in [5.41, 5.74) is 8.80. The second kappa shape index (κ2) is 13.5. The van der Waals surface area contributed by atoms with Gasteiger partial charge >= 0.3 is 21.1 Å². The van der Waals surface area contributed by atoms with E-state index in [-0.39, 0.29) is 21.1 Å². The van der Waals surface area contributed by atoms with Gasteiger partial charge in [0.05, 0.1) is 11.4 Å². The minimum atomic E-state index is 0. The van der Waals surface area contributed by atoms with Gasteiger partial charge in [0.2, 0.25) is 0 Å². The minimum Gasteiger partial charge on any atom is -0.509 e. The van der Waals surface area contributed by atoms with E-state index in [4.69, 9.17) is 14.8 Å². The fourth-order valence-electron chi connectivity index (χ4n) is 6.19. The van der Waals surface area contributed by atoms with Gasteiger partial charge in [-0.15, -0.1) is 35.7 Å². The van der Waals surface area contributed by atoms with E-state index in [2.05, 4.69) is 122 Å². The monoisotopic (exact) mass is 783 g/mol. The Labute approximate surface area is 285 Å². The summed E-state index contributed by atoms with van der Waals surface area (Å²) < 4.78 is 10.7. The first-order valence-electron chi connectivity index (χ1n) is 15.8. The van der Waals surface area contributed by atoms with Gasteiger partial charge in [-0.3, -0.25) is 4.68 Å². The van der Waals surface area contributed by atoms with E-state index in [1.54, 1.807) is 0 Å². The van der Waals surface area contributed by atoms with Crippen LogP contribution in [0.3, 0.4) is 0 Å². The molecule has 7 aromatic rings. The number of ether oxygens (including phenoxy) is 1. The summed E-state index contributed by atoms with van der Waals surface area (Å²) in [5.74, 6) is 2.40. The fourth-order valence-corrected chi connectivity index (χ4v) is 6.19. The first kappa shape index (κ1) is 31.5. The Bertz CT molecular complexity index is 2130. The Morgan fingerprint density at radius 2 is 1.61 bits per heavy atom. The van der Waals surface area contributed by atoms with Crippen LogP contribution in [0.25, 0.3) is 44.4 Å². The molecule has 0 aliphatic rings. The molecule has 0 bridgehead atoms. The maximum absolute atomic E-state index is 6.47. The van der Waals surface area contributed by atoms with Crippen LogP contribution in [-0.4, -0.2) is 19.3 Å². The van der Waals surface area contributed by atoms with E-state index < -0.39 is 0 Å². The molecule has 0 saturated carbocycles. The van der Waals surface area contributed by atoms with Crippen molar-refractivity contribution in [2.45, 2.75) is 52.9 Å². The summed E-state index contributed by atoms with van der Waals surface area (Å²) in [6, 6.07) is 40.3. The average molecular weight is 784 g/mol. The van der Waals surface area contributed by atoms with Gasteiger partial charge in [-0.1, -0.05) is 81.2 Å². The van der Waals surface area contributed by atoms with Crippen LogP contribution in [0.4, 0.5) is 0 Å². The van der Waals surface area contributed by atoms with Gasteiger partial charge < -0.3 is 9.30 Å². The number of pyridine rings is 1. The van der Waals surface area contributed by atoms with Crippen molar-refractivity contribution in [3.05, 3.63) is 132 Å². The van der Waals surface area contributed by atoms with Gasteiger partial charge in [-0.05, 0) is 66.1 Å². The van der Waals surface area contributed by atoms with E-state index in [0.29, 0.717) is 17.4 Å². The van der Waals surface area contributed by atoms with Crippen molar-refractivity contribution in [1.29, 1.82) is 0 Å². The van der Waals surface area contributed by atoms with Crippen LogP contribution >= 0.6 is 0 Å². The van der Waals surface area contributed by atoms with Crippen LogP contribution in [0.2, 0.25) is 0 Å². The summed E-state index contributed by atoms with van der Waals surface area (Å²) in [6.07, 6.45) is 4.79. The van der Waals surface area contributed by atoms with Crippen molar-refractivity contribution in [3.8, 4) is 34.1 Å². The molecule has 3 heterocycles. The molecule has 46 heavy (non-hydrogen) atoms. The zero-order valence-corrected chi connectivity index (χ0v) is 28.8. The number of fused-ring (bicyclic) bond motifs is 3. The Balaban J connectivity index is 0.00000372. The number of nitrogens with zero attached hydrogens (tertiary/aromatic N) is 4. The molecule has 0 N–H and O–H groups in total. The van der Waals surface area contributed by atoms with E-state index in [1.165, 1.54) is 16.8 Å². The van der Waals surface area contributed by atoms with Crippen LogP contribution in [-0.2, 0) is 27.5 Å². The second-order valence-corrected chi connectivity index (χ2v) is 11.7. The third-order valence-electron chi connectivity index (χ3n) is 8.51. The van der Waals surface area contributed by atoms with Crippen LogP contribution in [0.1, 0.15) is 56.5 Å². The van der Waals surface area contributed by atoms with Gasteiger partial charge in [0.25, 0.3) is 0 Å². The van der Waals surface area contributed by atoms with Gasteiger partial charge in [0, 0.05) is 28.8 Å². The smallest absolute Gasteiger partial charge is 0.509 e. The second-order valence-electron chi connectivity index (χ2n) is 11.7. The largest absolute Gasteiger partial charge is 2.00 e. The first-order chi connectivity index (χ1) is 22.1. The van der Waals surface area contributed by atoms with Crippen molar-refractivity contribution in [2.75, 3.05) is 0 Å². The molecule has 0 aliphatic carbocycles. The maximum atomic E-state index is 6.47. The quantitative estimate of drug-likeness (QED) is 0.137. The summed E-state index contributed by atoms with van der Waals surface area (Å²) >= 11 is 0. The zero-order valence-electron chi connectivity index (χ0n) is 26.5. The van der Waals surface area contributed by atoms with Gasteiger partial charge in [-0.25, -0.2) is 4.98 Å². The molecule has 0 aliphatic heterocycles. The molecule has 0 spiro atoms. The minimum absolute atomic E-state index is 0. The molecule has 3 aromatic heterocycles. The van der Waals surface area contributed by atoms with Crippen LogP contribution in [0, 0.1) is 19.1 Å². The van der Waals surface area contributed by atoms with Gasteiger partial charge in [-0.2, -0.15) is 17.2 Å². The number of aromatic nitrogens is 4. The van der Waals surface area contributed by atoms with Crippen LogP contribution in [0.5, 0.6) is 11.5 Å². The molecule has 5 nitrogen and oxygen atoms in total. The van der Waals surface area contributed by atoms with Gasteiger partial charge in [0.15, 0.2) is 0 Å². The third kappa shape index (κ3) is 5.81. The summed E-state index contributed by atoms with van der Waals surface area (Å²) in [4.78, 5) is 4.70. The number of rotatable bonds is 9. The van der Waals surface area contributed by atoms with Crippen molar-refractivity contribution >= 4 is 21.8 Å². The van der Waals surface area contributed by atoms with Crippen LogP contribution < -0.4 is 4.74 Å². The Morgan fingerprint density at radius 3 is 2.39 bits per heavy atom. The molecule has 4 aromatic carbocycles. The maximum Gasteiger partial charge on any atom is 2.00 e. The molecular formula is C40H36N4OPt. The Morgan fingerprint density at radius 1 is 0.826 bits per heavy atom. The van der Waals surface area contributed by atoms with Gasteiger partial charge in [0.1, 0.15) is 5.82 Å². The van der Waals surface area contributed by atoms with Crippen LogP contribution in [0.15, 0.2) is 103 Å². The standard InChI is InChI=1S/C40H36N4O.Pt/c1-5-13-35-39(29-14-8-7-9-15-29)40(28(4)6-2)44(42-35)30-16-12-17-31(25-30)45-32-20-21-34-33-18-10-11-19-36(33)43(37(34)26-32)38-24-27(3)22-23-41-38;/h7-12,14-24,28H,5-6,13H2,1-4H3;/q-2;+2. The van der Waals surface area contributed by atoms with Crippen molar-refractivity contribution in [2.24, 2.45) is 0 Å². The number of hydrogen-bond acceptors (Lipinski definition) is 3. The van der Waals surface area contributed by atoms with E-state index in [0.717, 1.165) is 63.8 Å². The molecule has 0 saturated heterocycles. The van der Waals surface area contributed by atoms with Crippen molar-refractivity contribution in [3.63, 3.8) is 0 Å². The normalized spacial score (nSPS) is 11.9. The first-order valence-corrected chi connectivity index (χ1v) is 15.8. The van der Waals surface area contributed by atoms with E-state index >= 15 is 0 Å². The van der Waals surface area contributed by atoms with E-state index in [1.807, 2.05) is 30.5 Å². The van der Waals surface area contributed by atoms with E-state index in [9.17, 15) is 0 Å². The fraction of sp³-hybridized carbons (Fsp3) is 0.200. The topological polar surface area (TPSA) is 44.9 Å². The molecule has 0 amide bonds. The SMILES string of the molecule is CCCc1nn(-c2[c-]c(Oc3[c-]c4c(cc3)c3ccccc3n4-c3cc(C)ccn3)ccc2)c(C(C)CC)c1-c1ccccc1.[Pt+2]. The predicted octanol–water partition coefficient (Wildman–Crippen LogP) is 10.2. The summed E-state index contributed by atoms with van der Waals surface area (Å²) in [5, 5.41) is 7.45. The average Bonchev–Trinajstić information content (AvgIpc) is 3.61. The number of para-hydroxylation sites is 1. The zero-order chi connectivity index (χ0) is 30.9. The number of hydrogen-bond donors (Lipinski definition) is 0. The van der Waals surface area contributed by atoms with Crippen molar-refractivity contribution in [1.82, 2.24) is 19.3 Å². The molecule has 0 fully saturated rings. The third-order valence-corrected chi connectivity index (χ3v) is 8.51. The van der Waals surface area contributed by atoms with Crippen molar-refractivity contribution < 1.29 is 25.8 Å². The number of benzene rings is 4. The molecule has 1 unspecified atom stereocenters. The summed E-state index contributed by atoms with van der Waals surface area (Å²) in [7, 11) is 0. The Hall–Kier alpha value is -4.47. The molecule has 0 radical (unpaired) electrons. The summed E-state index contributed by atoms with van der Waals surface area (Å²) in [6.45, 7) is 8.80. The number of aryl methyl sites for hydroxylation is 2.